The van der Waals surface area contributed by atoms with E-state index >= 15 is 4.39 Å². The summed E-state index contributed by atoms with van der Waals surface area (Å²) >= 11 is 5.75. The normalized spacial score (nSPS) is 16.0. The molecule has 0 aromatic heterocycles. The third-order valence-electron chi connectivity index (χ3n) is 5.14. The average Bonchev–Trinajstić information content (AvgIpc) is 2.71. The molecule has 6 heteroatoms. The van der Waals surface area contributed by atoms with Crippen molar-refractivity contribution in [3.05, 3.63) is 64.9 Å². The maximum atomic E-state index is 15.0. The van der Waals surface area contributed by atoms with E-state index in [1.165, 1.54) is 18.2 Å². The number of alkyl halides is 1. The van der Waals surface area contributed by atoms with Gasteiger partial charge in [-0.1, -0.05) is 29.8 Å². The van der Waals surface area contributed by atoms with Crippen LogP contribution in [0.4, 0.5) is 8.78 Å². The highest BCUT2D eigenvalue weighted by Crippen LogP contribution is 2.32. The standard InChI is InChI=1S/C22H24ClF2NO2/c23-19-16-17(8-9-20(19)24)21(27)26-13-11-22(25,12-14-26)10-4-5-15-28-18-6-2-1-3-7-18/h1-3,6-9,16H,4-5,10-15H2. The molecule has 0 radical (unpaired) electrons. The number of halogens is 3. The Balaban J connectivity index is 1.40. The molecule has 0 saturated carbocycles. The van der Waals surface area contributed by atoms with E-state index in [0.29, 0.717) is 44.5 Å². The molecule has 3 nitrogen and oxygen atoms in total. The third kappa shape index (κ3) is 5.44. The zero-order valence-corrected chi connectivity index (χ0v) is 16.4. The van der Waals surface area contributed by atoms with Gasteiger partial charge in [0.25, 0.3) is 5.91 Å². The SMILES string of the molecule is O=C(c1ccc(F)c(Cl)c1)N1CCC(F)(CCCCOc2ccccc2)CC1. The third-order valence-corrected chi connectivity index (χ3v) is 5.43. The fourth-order valence-electron chi connectivity index (χ4n) is 3.42. The van der Waals surface area contributed by atoms with E-state index in [2.05, 4.69) is 0 Å². The molecule has 150 valence electrons. The van der Waals surface area contributed by atoms with Gasteiger partial charge in [-0.15, -0.1) is 0 Å². The minimum atomic E-state index is -1.25. The predicted molar refractivity (Wildman–Crippen MR) is 106 cm³/mol. The summed E-state index contributed by atoms with van der Waals surface area (Å²) in [6.07, 6.45) is 2.62. The van der Waals surface area contributed by atoms with Crippen LogP contribution < -0.4 is 4.74 Å². The lowest BCUT2D eigenvalue weighted by atomic mass is 9.88. The minimum absolute atomic E-state index is 0.0829. The number of rotatable bonds is 7. The molecule has 1 fully saturated rings. The number of para-hydroxylation sites is 1. The van der Waals surface area contributed by atoms with Gasteiger partial charge in [0.1, 0.15) is 17.2 Å². The molecule has 1 amide bonds. The molecule has 0 bridgehead atoms. The van der Waals surface area contributed by atoms with Crippen molar-refractivity contribution >= 4 is 17.5 Å². The molecular formula is C22H24ClF2NO2. The quantitative estimate of drug-likeness (QED) is 0.553. The molecule has 0 N–H and O–H groups in total. The van der Waals surface area contributed by atoms with Gasteiger partial charge >= 0.3 is 0 Å². The van der Waals surface area contributed by atoms with E-state index in [1.807, 2.05) is 30.3 Å². The van der Waals surface area contributed by atoms with E-state index in [9.17, 15) is 9.18 Å². The Morgan fingerprint density at radius 2 is 1.82 bits per heavy atom. The predicted octanol–water partition coefficient (Wildman–Crippen LogP) is 5.67. The number of nitrogens with zero attached hydrogens (tertiary/aromatic N) is 1. The maximum Gasteiger partial charge on any atom is 0.253 e. The van der Waals surface area contributed by atoms with Crippen LogP contribution in [-0.2, 0) is 0 Å². The van der Waals surface area contributed by atoms with Crippen LogP contribution in [0.15, 0.2) is 48.5 Å². The van der Waals surface area contributed by atoms with Gasteiger partial charge in [-0.2, -0.15) is 0 Å². The highest BCUT2D eigenvalue weighted by atomic mass is 35.5. The second-order valence-corrected chi connectivity index (χ2v) is 7.60. The van der Waals surface area contributed by atoms with Crippen LogP contribution in [0, 0.1) is 5.82 Å². The van der Waals surface area contributed by atoms with Crippen molar-refractivity contribution in [3.63, 3.8) is 0 Å². The van der Waals surface area contributed by atoms with Crippen molar-refractivity contribution in [1.29, 1.82) is 0 Å². The van der Waals surface area contributed by atoms with Crippen LogP contribution in [-0.4, -0.2) is 36.2 Å². The largest absolute Gasteiger partial charge is 0.494 e. The first-order chi connectivity index (χ1) is 13.5. The average molecular weight is 408 g/mol. The Bertz CT molecular complexity index is 792. The Hall–Kier alpha value is -2.14. The van der Waals surface area contributed by atoms with Crippen LogP contribution in [0.1, 0.15) is 42.5 Å². The number of unbranched alkanes of at least 4 members (excludes halogenated alkanes) is 1. The zero-order chi connectivity index (χ0) is 20.0. The lowest BCUT2D eigenvalue weighted by Gasteiger charge is -2.36. The molecule has 2 aromatic carbocycles. The van der Waals surface area contributed by atoms with E-state index in [4.69, 9.17) is 16.3 Å². The first-order valence-electron chi connectivity index (χ1n) is 9.58. The number of amides is 1. The van der Waals surface area contributed by atoms with Gasteiger partial charge in [-0.3, -0.25) is 4.79 Å². The summed E-state index contributed by atoms with van der Waals surface area (Å²) in [5.41, 5.74) is -0.917. The fourth-order valence-corrected chi connectivity index (χ4v) is 3.60. The molecule has 1 aliphatic heterocycles. The summed E-state index contributed by atoms with van der Waals surface area (Å²) in [4.78, 5) is 14.1. The van der Waals surface area contributed by atoms with Gasteiger partial charge in [0.2, 0.25) is 0 Å². The van der Waals surface area contributed by atoms with E-state index < -0.39 is 11.5 Å². The van der Waals surface area contributed by atoms with Gasteiger partial charge in [-0.05, 0) is 62.4 Å². The van der Waals surface area contributed by atoms with Crippen molar-refractivity contribution in [3.8, 4) is 5.75 Å². The molecule has 0 aliphatic carbocycles. The molecule has 3 rings (SSSR count). The van der Waals surface area contributed by atoms with Crippen LogP contribution in [0.2, 0.25) is 5.02 Å². The highest BCUT2D eigenvalue weighted by molar-refractivity contribution is 6.31. The zero-order valence-electron chi connectivity index (χ0n) is 15.7. The summed E-state index contributed by atoms with van der Waals surface area (Å²) < 4.78 is 33.9. The van der Waals surface area contributed by atoms with Crippen molar-refractivity contribution in [1.82, 2.24) is 4.90 Å². The molecule has 0 atom stereocenters. The first-order valence-corrected chi connectivity index (χ1v) is 9.96. The van der Waals surface area contributed by atoms with Gasteiger partial charge in [0.05, 0.1) is 11.6 Å². The lowest BCUT2D eigenvalue weighted by Crippen LogP contribution is -2.44. The van der Waals surface area contributed by atoms with Gasteiger partial charge in [0.15, 0.2) is 0 Å². The molecule has 28 heavy (non-hydrogen) atoms. The molecule has 1 saturated heterocycles. The number of piperidine rings is 1. The van der Waals surface area contributed by atoms with Crippen LogP contribution in [0.25, 0.3) is 0 Å². The molecule has 0 spiro atoms. The number of hydrogen-bond donors (Lipinski definition) is 0. The summed E-state index contributed by atoms with van der Waals surface area (Å²) in [6.45, 7) is 1.27. The van der Waals surface area contributed by atoms with Gasteiger partial charge < -0.3 is 9.64 Å². The van der Waals surface area contributed by atoms with E-state index in [1.54, 1.807) is 4.90 Å². The molecule has 0 unspecified atom stereocenters. The second-order valence-electron chi connectivity index (χ2n) is 7.19. The van der Waals surface area contributed by atoms with Crippen molar-refractivity contribution in [2.45, 2.75) is 37.8 Å². The van der Waals surface area contributed by atoms with E-state index in [-0.39, 0.29) is 10.9 Å². The Kier molecular flexibility index (Phi) is 6.89. The monoisotopic (exact) mass is 407 g/mol. The number of carbonyl (C=O) groups is 1. The summed E-state index contributed by atoms with van der Waals surface area (Å²) in [5, 5.41) is -0.0829. The second kappa shape index (κ2) is 9.37. The minimum Gasteiger partial charge on any atom is -0.494 e. The highest BCUT2D eigenvalue weighted by Gasteiger charge is 2.35. The van der Waals surface area contributed by atoms with Gasteiger partial charge in [0, 0.05) is 18.7 Å². The van der Waals surface area contributed by atoms with Crippen molar-refractivity contribution in [2.75, 3.05) is 19.7 Å². The Labute approximate surface area is 169 Å². The maximum absolute atomic E-state index is 15.0. The number of benzene rings is 2. The summed E-state index contributed by atoms with van der Waals surface area (Å²) in [7, 11) is 0. The smallest absolute Gasteiger partial charge is 0.253 e. The van der Waals surface area contributed by atoms with Crippen LogP contribution >= 0.6 is 11.6 Å². The number of ether oxygens (including phenoxy) is 1. The number of carbonyl (C=O) groups excluding carboxylic acids is 1. The fraction of sp³-hybridized carbons (Fsp3) is 0.409. The molecule has 2 aromatic rings. The number of hydrogen-bond acceptors (Lipinski definition) is 2. The van der Waals surface area contributed by atoms with E-state index in [0.717, 1.165) is 18.6 Å². The molecule has 1 heterocycles. The molecule has 1 aliphatic rings. The molecular weight excluding hydrogens is 384 g/mol. The Morgan fingerprint density at radius 3 is 2.50 bits per heavy atom. The van der Waals surface area contributed by atoms with Crippen LogP contribution in [0.3, 0.4) is 0 Å². The lowest BCUT2D eigenvalue weighted by molar-refractivity contribution is 0.0382. The first kappa shape index (κ1) is 20.6. The van der Waals surface area contributed by atoms with Gasteiger partial charge in [-0.25, -0.2) is 8.78 Å². The summed E-state index contributed by atoms with van der Waals surface area (Å²) in [5.74, 6) is 0.0290. The summed E-state index contributed by atoms with van der Waals surface area (Å²) in [6, 6.07) is 13.5. The topological polar surface area (TPSA) is 29.5 Å². The Morgan fingerprint density at radius 1 is 1.11 bits per heavy atom. The van der Waals surface area contributed by atoms with Crippen molar-refractivity contribution in [2.24, 2.45) is 0 Å². The van der Waals surface area contributed by atoms with Crippen molar-refractivity contribution < 1.29 is 18.3 Å². The van der Waals surface area contributed by atoms with Crippen LogP contribution in [0.5, 0.6) is 5.75 Å². The number of likely N-dealkylation sites (tertiary alicyclic amines) is 1.